The second-order valence-corrected chi connectivity index (χ2v) is 6.97. The quantitative estimate of drug-likeness (QED) is 0.808. The van der Waals surface area contributed by atoms with Crippen LogP contribution < -0.4 is 4.90 Å². The monoisotopic (exact) mass is 303 g/mol. The van der Waals surface area contributed by atoms with Gasteiger partial charge in [-0.1, -0.05) is 23.9 Å². The summed E-state index contributed by atoms with van der Waals surface area (Å²) in [5.41, 5.74) is 1.70. The van der Waals surface area contributed by atoms with E-state index in [9.17, 15) is 9.00 Å². The van der Waals surface area contributed by atoms with Gasteiger partial charge in [-0.25, -0.2) is 0 Å². The SMILES string of the molecule is CC(=O)N1c2ccccc2Sc2ccc(S(C)=O)cc21. The summed E-state index contributed by atoms with van der Waals surface area (Å²) in [4.78, 5) is 16.5. The first kappa shape index (κ1) is 13.4. The zero-order valence-corrected chi connectivity index (χ0v) is 12.8. The van der Waals surface area contributed by atoms with Crippen LogP contribution in [0, 0.1) is 0 Å². The lowest BCUT2D eigenvalue weighted by atomic mass is 10.2. The normalized spacial score (nSPS) is 14.4. The molecule has 3 rings (SSSR count). The molecule has 1 atom stereocenters. The van der Waals surface area contributed by atoms with Crippen LogP contribution in [0.4, 0.5) is 11.4 Å². The highest BCUT2D eigenvalue weighted by atomic mass is 32.2. The molecule has 1 amide bonds. The second kappa shape index (κ2) is 5.07. The molecule has 102 valence electrons. The fourth-order valence-electron chi connectivity index (χ4n) is 2.25. The van der Waals surface area contributed by atoms with Gasteiger partial charge in [-0.2, -0.15) is 0 Å². The number of nitrogens with zero attached hydrogens (tertiary/aromatic N) is 1. The van der Waals surface area contributed by atoms with E-state index < -0.39 is 10.8 Å². The summed E-state index contributed by atoms with van der Waals surface area (Å²) in [5.74, 6) is -0.0435. The molecule has 0 bridgehead atoms. The van der Waals surface area contributed by atoms with Gasteiger partial charge in [0.25, 0.3) is 0 Å². The van der Waals surface area contributed by atoms with E-state index in [4.69, 9.17) is 0 Å². The van der Waals surface area contributed by atoms with E-state index in [1.165, 1.54) is 0 Å². The molecule has 20 heavy (non-hydrogen) atoms. The number of para-hydroxylation sites is 1. The molecule has 0 radical (unpaired) electrons. The standard InChI is InChI=1S/C15H13NO2S2/c1-10(17)16-12-5-3-4-6-14(12)19-15-8-7-11(20(2)18)9-13(15)16/h3-9H,1-2H3. The first-order chi connectivity index (χ1) is 9.58. The van der Waals surface area contributed by atoms with Gasteiger partial charge in [0.1, 0.15) is 0 Å². The van der Waals surface area contributed by atoms with Gasteiger partial charge in [-0.3, -0.25) is 13.9 Å². The van der Waals surface area contributed by atoms with Gasteiger partial charge in [0.15, 0.2) is 0 Å². The highest BCUT2D eigenvalue weighted by molar-refractivity contribution is 7.99. The van der Waals surface area contributed by atoms with Crippen LogP contribution >= 0.6 is 11.8 Å². The van der Waals surface area contributed by atoms with E-state index in [0.717, 1.165) is 26.1 Å². The van der Waals surface area contributed by atoms with Crippen molar-refractivity contribution in [2.75, 3.05) is 11.2 Å². The van der Waals surface area contributed by atoms with Crippen LogP contribution in [0.5, 0.6) is 0 Å². The average molecular weight is 303 g/mol. The fourth-order valence-corrected chi connectivity index (χ4v) is 3.83. The number of amides is 1. The Morgan fingerprint density at radius 1 is 1.10 bits per heavy atom. The number of hydrogen-bond acceptors (Lipinski definition) is 3. The summed E-state index contributed by atoms with van der Waals surface area (Å²) in [6, 6.07) is 13.5. The molecule has 0 N–H and O–H groups in total. The number of anilines is 2. The largest absolute Gasteiger partial charge is 0.279 e. The lowest BCUT2D eigenvalue weighted by Crippen LogP contribution is -2.25. The fraction of sp³-hybridized carbons (Fsp3) is 0.133. The Bertz CT molecular complexity index is 728. The molecule has 3 nitrogen and oxygen atoms in total. The third kappa shape index (κ3) is 2.17. The Balaban J connectivity index is 2.22. The Morgan fingerprint density at radius 3 is 2.50 bits per heavy atom. The first-order valence-corrected chi connectivity index (χ1v) is 8.50. The Kier molecular flexibility index (Phi) is 3.40. The minimum Gasteiger partial charge on any atom is -0.279 e. The van der Waals surface area contributed by atoms with E-state index in [-0.39, 0.29) is 5.91 Å². The molecular weight excluding hydrogens is 290 g/mol. The lowest BCUT2D eigenvalue weighted by molar-refractivity contribution is -0.115. The van der Waals surface area contributed by atoms with Gasteiger partial charge in [0.2, 0.25) is 5.91 Å². The van der Waals surface area contributed by atoms with Crippen molar-refractivity contribution in [3.8, 4) is 0 Å². The summed E-state index contributed by atoms with van der Waals surface area (Å²) in [6.45, 7) is 1.55. The molecule has 2 aromatic carbocycles. The zero-order chi connectivity index (χ0) is 14.3. The van der Waals surface area contributed by atoms with Gasteiger partial charge in [0.05, 0.1) is 11.4 Å². The molecule has 0 fully saturated rings. The number of fused-ring (bicyclic) bond motifs is 2. The van der Waals surface area contributed by atoms with Crippen LogP contribution in [0.25, 0.3) is 0 Å². The molecule has 1 heterocycles. The third-order valence-corrected chi connectivity index (χ3v) is 5.19. The maximum absolute atomic E-state index is 12.0. The van der Waals surface area contributed by atoms with Crippen molar-refractivity contribution in [3.05, 3.63) is 42.5 Å². The van der Waals surface area contributed by atoms with E-state index in [1.807, 2.05) is 42.5 Å². The third-order valence-electron chi connectivity index (χ3n) is 3.14. The van der Waals surface area contributed by atoms with Gasteiger partial charge < -0.3 is 0 Å². The lowest BCUT2D eigenvalue weighted by Gasteiger charge is -2.30. The van der Waals surface area contributed by atoms with Crippen molar-refractivity contribution < 1.29 is 9.00 Å². The Hall–Kier alpha value is -1.59. The van der Waals surface area contributed by atoms with Gasteiger partial charge in [-0.15, -0.1) is 0 Å². The van der Waals surface area contributed by atoms with E-state index in [1.54, 1.807) is 29.8 Å². The summed E-state index contributed by atoms with van der Waals surface area (Å²) >= 11 is 1.63. The molecule has 1 unspecified atom stereocenters. The van der Waals surface area contributed by atoms with Crippen LogP contribution in [-0.2, 0) is 15.6 Å². The number of carbonyl (C=O) groups excluding carboxylic acids is 1. The van der Waals surface area contributed by atoms with Crippen molar-refractivity contribution in [2.45, 2.75) is 21.6 Å². The van der Waals surface area contributed by atoms with Crippen molar-refractivity contribution >= 4 is 39.8 Å². The summed E-state index contributed by atoms with van der Waals surface area (Å²) < 4.78 is 11.7. The molecule has 0 saturated heterocycles. The van der Waals surface area contributed by atoms with Crippen molar-refractivity contribution in [1.82, 2.24) is 0 Å². The Labute approximate surface area is 124 Å². The predicted molar refractivity (Wildman–Crippen MR) is 82.2 cm³/mol. The summed E-state index contributed by atoms with van der Waals surface area (Å²) in [7, 11) is -1.06. The molecule has 1 aliphatic rings. The predicted octanol–water partition coefficient (Wildman–Crippen LogP) is 3.57. The van der Waals surface area contributed by atoms with E-state index >= 15 is 0 Å². The Morgan fingerprint density at radius 2 is 1.80 bits per heavy atom. The number of carbonyl (C=O) groups is 1. The van der Waals surface area contributed by atoms with Crippen LogP contribution in [0.3, 0.4) is 0 Å². The number of rotatable bonds is 1. The molecule has 2 aromatic rings. The average Bonchev–Trinajstić information content (AvgIpc) is 2.43. The molecule has 0 aliphatic carbocycles. The molecule has 0 spiro atoms. The van der Waals surface area contributed by atoms with E-state index in [2.05, 4.69) is 0 Å². The van der Waals surface area contributed by atoms with Gasteiger partial charge in [-0.05, 0) is 30.3 Å². The molecule has 0 saturated carbocycles. The number of hydrogen-bond donors (Lipinski definition) is 0. The van der Waals surface area contributed by atoms with Crippen LogP contribution in [0.1, 0.15) is 6.92 Å². The van der Waals surface area contributed by atoms with E-state index in [0.29, 0.717) is 0 Å². The van der Waals surface area contributed by atoms with Crippen molar-refractivity contribution in [1.29, 1.82) is 0 Å². The highest BCUT2D eigenvalue weighted by Gasteiger charge is 2.26. The number of benzene rings is 2. The first-order valence-electron chi connectivity index (χ1n) is 6.13. The van der Waals surface area contributed by atoms with Crippen LogP contribution in [-0.4, -0.2) is 16.4 Å². The van der Waals surface area contributed by atoms with Gasteiger partial charge in [0, 0.05) is 38.7 Å². The molecular formula is C15H13NO2S2. The van der Waals surface area contributed by atoms with Crippen LogP contribution in [0.2, 0.25) is 0 Å². The summed E-state index contributed by atoms with van der Waals surface area (Å²) in [5, 5.41) is 0. The molecule has 0 aromatic heterocycles. The highest BCUT2D eigenvalue weighted by Crippen LogP contribution is 2.48. The minimum absolute atomic E-state index is 0.0435. The van der Waals surface area contributed by atoms with Crippen LogP contribution in [0.15, 0.2) is 57.2 Å². The van der Waals surface area contributed by atoms with Crippen molar-refractivity contribution in [2.24, 2.45) is 0 Å². The zero-order valence-electron chi connectivity index (χ0n) is 11.1. The molecule has 5 heteroatoms. The summed E-state index contributed by atoms with van der Waals surface area (Å²) in [6.07, 6.45) is 1.64. The topological polar surface area (TPSA) is 37.4 Å². The molecule has 1 aliphatic heterocycles. The van der Waals surface area contributed by atoms with Crippen molar-refractivity contribution in [3.63, 3.8) is 0 Å². The minimum atomic E-state index is -1.06. The van der Waals surface area contributed by atoms with Gasteiger partial charge >= 0.3 is 0 Å². The smallest absolute Gasteiger partial charge is 0.228 e. The second-order valence-electron chi connectivity index (χ2n) is 4.51. The maximum Gasteiger partial charge on any atom is 0.228 e. The maximum atomic E-state index is 12.0.